The van der Waals surface area contributed by atoms with Crippen LogP contribution in [-0.4, -0.2) is 45.8 Å². The molecule has 228 valence electrons. The summed E-state index contributed by atoms with van der Waals surface area (Å²) in [6.45, 7) is 1.85. The highest BCUT2D eigenvalue weighted by Crippen LogP contribution is 2.58. The van der Waals surface area contributed by atoms with Gasteiger partial charge >= 0.3 is 0 Å². The van der Waals surface area contributed by atoms with Crippen LogP contribution in [0.5, 0.6) is 11.5 Å². The van der Waals surface area contributed by atoms with Crippen molar-refractivity contribution in [1.29, 1.82) is 0 Å². The van der Waals surface area contributed by atoms with Crippen molar-refractivity contribution in [2.45, 2.75) is 119 Å². The molecule has 2 aliphatic heterocycles. The van der Waals surface area contributed by atoms with Crippen molar-refractivity contribution in [2.24, 2.45) is 21.9 Å². The lowest BCUT2D eigenvalue weighted by atomic mass is 9.73. The van der Waals surface area contributed by atoms with Gasteiger partial charge in [-0.05, 0) is 64.7 Å². The number of guanidine groups is 1. The van der Waals surface area contributed by atoms with Crippen LogP contribution >= 0.6 is 21.6 Å². The number of hydrogen-bond donors (Lipinski definition) is 4. The molecule has 5 aliphatic rings. The molecule has 3 heterocycles. The van der Waals surface area contributed by atoms with E-state index in [9.17, 15) is 15.0 Å². The average molecular weight is 616 g/mol. The van der Waals surface area contributed by atoms with Gasteiger partial charge in [-0.3, -0.25) is 4.79 Å². The zero-order chi connectivity index (χ0) is 29.2. The van der Waals surface area contributed by atoms with E-state index in [4.69, 9.17) is 25.4 Å². The van der Waals surface area contributed by atoms with Crippen molar-refractivity contribution >= 4 is 38.5 Å². The van der Waals surface area contributed by atoms with Crippen LogP contribution in [0.4, 0.5) is 0 Å². The molecule has 42 heavy (non-hydrogen) atoms. The molecule has 0 radical (unpaired) electrons. The second kappa shape index (κ2) is 10.8. The first-order valence-electron chi connectivity index (χ1n) is 15.4. The standard InChI is InChI=1S/C31H41N3O6S2/c1-30(37)10-6-9-17-22-24(40-28(17)30)18-14-41-42-15-21(34-29(32)33)31(11-4-5-12-31)27(36)20-13-19(35)23(25(18)39-20)26(22)38-16-7-2-3-8-16/h13,16-17,21,27-28,36-37H,2-12,14-15H2,1H3,(H4,32,33,34)/t17-,21-,27+,28+,30+/m1/s1. The molecule has 3 saturated carbocycles. The molecule has 3 aliphatic carbocycles. The Balaban J connectivity index is 1.46. The predicted octanol–water partition coefficient (Wildman–Crippen LogP) is 5.02. The van der Waals surface area contributed by atoms with E-state index in [1.54, 1.807) is 21.6 Å². The average Bonchev–Trinajstić information content (AvgIpc) is 3.71. The fourth-order valence-corrected chi connectivity index (χ4v) is 10.7. The quantitative estimate of drug-likeness (QED) is 0.210. The van der Waals surface area contributed by atoms with Gasteiger partial charge in [0.15, 0.2) is 11.4 Å². The van der Waals surface area contributed by atoms with Crippen LogP contribution in [0.15, 0.2) is 20.3 Å². The van der Waals surface area contributed by atoms with Gasteiger partial charge in [-0.25, -0.2) is 4.99 Å². The fourth-order valence-electron chi connectivity index (χ4n) is 8.34. The number of ether oxygens (including phenoxy) is 2. The first kappa shape index (κ1) is 28.7. The second-order valence-corrected chi connectivity index (χ2v) is 15.7. The zero-order valence-corrected chi connectivity index (χ0v) is 25.7. The minimum atomic E-state index is -1.06. The van der Waals surface area contributed by atoms with E-state index in [0.29, 0.717) is 40.4 Å². The topological polar surface area (TPSA) is 154 Å². The Kier molecular flexibility index (Phi) is 7.39. The van der Waals surface area contributed by atoms with Gasteiger partial charge in [0.05, 0.1) is 17.7 Å². The first-order valence-corrected chi connectivity index (χ1v) is 17.9. The van der Waals surface area contributed by atoms with Crippen LogP contribution in [0.3, 0.4) is 0 Å². The Hall–Kier alpha value is -2.08. The summed E-state index contributed by atoms with van der Waals surface area (Å²) < 4.78 is 20.1. The van der Waals surface area contributed by atoms with Crippen LogP contribution in [0, 0.1) is 5.41 Å². The molecule has 5 atom stereocenters. The Morgan fingerprint density at radius 3 is 2.60 bits per heavy atom. The number of nitrogens with zero attached hydrogens (tertiary/aromatic N) is 1. The van der Waals surface area contributed by atoms with Crippen LogP contribution in [0.1, 0.15) is 106 Å². The van der Waals surface area contributed by atoms with Crippen LogP contribution < -0.4 is 26.4 Å². The third-order valence-corrected chi connectivity index (χ3v) is 12.7. The predicted molar refractivity (Wildman–Crippen MR) is 166 cm³/mol. The van der Waals surface area contributed by atoms with Gasteiger partial charge in [-0.15, -0.1) is 0 Å². The number of hydrogen-bond acceptors (Lipinski definition) is 9. The third-order valence-electron chi connectivity index (χ3n) is 10.4. The van der Waals surface area contributed by atoms with E-state index in [1.165, 1.54) is 6.07 Å². The Bertz CT molecular complexity index is 1460. The highest BCUT2D eigenvalue weighted by molar-refractivity contribution is 8.76. The lowest BCUT2D eigenvalue weighted by Crippen LogP contribution is -2.47. The highest BCUT2D eigenvalue weighted by atomic mass is 33.1. The van der Waals surface area contributed by atoms with E-state index < -0.39 is 23.2 Å². The maximum atomic E-state index is 14.2. The summed E-state index contributed by atoms with van der Waals surface area (Å²) in [5.74, 6) is 2.50. The van der Waals surface area contributed by atoms with E-state index in [-0.39, 0.29) is 35.2 Å². The summed E-state index contributed by atoms with van der Waals surface area (Å²) in [7, 11) is 3.30. The van der Waals surface area contributed by atoms with Crippen molar-refractivity contribution in [1.82, 2.24) is 0 Å². The van der Waals surface area contributed by atoms with Crippen molar-refractivity contribution in [3.8, 4) is 11.5 Å². The van der Waals surface area contributed by atoms with Crippen LogP contribution in [0.2, 0.25) is 0 Å². The smallest absolute Gasteiger partial charge is 0.196 e. The minimum Gasteiger partial charge on any atom is -0.489 e. The fraction of sp³-hybridized carbons (Fsp3) is 0.677. The monoisotopic (exact) mass is 615 g/mol. The summed E-state index contributed by atoms with van der Waals surface area (Å²) >= 11 is 0. The molecule has 2 bridgehead atoms. The van der Waals surface area contributed by atoms with Crippen molar-refractivity contribution in [3.63, 3.8) is 0 Å². The van der Waals surface area contributed by atoms with Gasteiger partial charge in [0.1, 0.15) is 40.4 Å². The molecule has 1 aromatic carbocycles. The van der Waals surface area contributed by atoms with Crippen molar-refractivity contribution in [2.75, 3.05) is 5.75 Å². The summed E-state index contributed by atoms with van der Waals surface area (Å²) in [6.07, 6.45) is 8.33. The van der Waals surface area contributed by atoms with Crippen molar-refractivity contribution in [3.05, 3.63) is 33.2 Å². The van der Waals surface area contributed by atoms with Gasteiger partial charge in [-0.2, -0.15) is 0 Å². The summed E-state index contributed by atoms with van der Waals surface area (Å²) in [5.41, 5.74) is 12.0. The summed E-state index contributed by atoms with van der Waals surface area (Å²) in [4.78, 5) is 18.8. The van der Waals surface area contributed by atoms with Gasteiger partial charge in [0.2, 0.25) is 0 Å². The maximum absolute atomic E-state index is 14.2. The molecular formula is C31H41N3O6S2. The Labute approximate surface area is 253 Å². The molecule has 9 nitrogen and oxygen atoms in total. The second-order valence-electron chi connectivity index (χ2n) is 13.1. The number of rotatable bonds is 3. The van der Waals surface area contributed by atoms with E-state index >= 15 is 0 Å². The molecule has 0 saturated heterocycles. The minimum absolute atomic E-state index is 0.00582. The Morgan fingerprint density at radius 2 is 1.86 bits per heavy atom. The van der Waals surface area contributed by atoms with Crippen LogP contribution in [-0.2, 0) is 5.75 Å². The van der Waals surface area contributed by atoms with E-state index in [2.05, 4.69) is 4.99 Å². The van der Waals surface area contributed by atoms with E-state index in [1.807, 2.05) is 6.92 Å². The normalized spacial score (nSPS) is 32.4. The number of benzene rings is 1. The SMILES string of the molecule is C[C@]1(O)CCC[C@@H]2c3c(c4c5oc(cc(=O)c5c3OC3CCCC3)[C@H](O)C3(CCCC3)[C@H](N=C(N)N)CSSC4)O[C@@H]21. The maximum Gasteiger partial charge on any atom is 0.196 e. The lowest BCUT2D eigenvalue weighted by molar-refractivity contribution is -0.0727. The van der Waals surface area contributed by atoms with Crippen LogP contribution in [0.25, 0.3) is 11.0 Å². The number of aliphatic imine (C=N–C) groups is 1. The molecule has 6 N–H and O–H groups in total. The van der Waals surface area contributed by atoms with Gasteiger partial charge in [0, 0.05) is 40.0 Å². The van der Waals surface area contributed by atoms with E-state index in [0.717, 1.165) is 75.3 Å². The number of fused-ring (bicyclic) bond motifs is 5. The Morgan fingerprint density at radius 1 is 1.10 bits per heavy atom. The first-order chi connectivity index (χ1) is 20.2. The highest BCUT2D eigenvalue weighted by Gasteiger charge is 2.52. The zero-order valence-electron chi connectivity index (χ0n) is 24.1. The van der Waals surface area contributed by atoms with Gasteiger partial charge in [0.25, 0.3) is 0 Å². The molecule has 3 fully saturated rings. The van der Waals surface area contributed by atoms with Gasteiger partial charge in [-0.1, -0.05) is 34.4 Å². The molecule has 11 heteroatoms. The number of aliphatic hydroxyl groups is 2. The molecule has 7 rings (SSSR count). The molecular weight excluding hydrogens is 574 g/mol. The summed E-state index contributed by atoms with van der Waals surface area (Å²) in [6, 6.07) is 1.13. The molecule has 2 aromatic rings. The lowest BCUT2D eigenvalue weighted by Gasteiger charge is -2.38. The summed E-state index contributed by atoms with van der Waals surface area (Å²) in [5, 5.41) is 23.8. The molecule has 0 unspecified atom stereocenters. The molecule has 0 amide bonds. The number of nitrogens with two attached hydrogens (primary N) is 2. The molecule has 1 spiro atoms. The largest absolute Gasteiger partial charge is 0.489 e. The van der Waals surface area contributed by atoms with Gasteiger partial charge < -0.3 is 35.6 Å². The number of aliphatic hydroxyl groups excluding tert-OH is 1. The third kappa shape index (κ3) is 4.61. The molecule has 1 aromatic heterocycles. The van der Waals surface area contributed by atoms with Crippen molar-refractivity contribution < 1.29 is 24.1 Å².